The number of para-hydroxylation sites is 4. The van der Waals surface area contributed by atoms with Gasteiger partial charge < -0.3 is 24.4 Å². The monoisotopic (exact) mass is 354 g/mol. The molecule has 2 unspecified atom stereocenters. The van der Waals surface area contributed by atoms with Crippen LogP contribution in [0.1, 0.15) is 6.92 Å². The zero-order valence-electron chi connectivity index (χ0n) is 14.7. The Kier molecular flexibility index (Phi) is 4.32. The fourth-order valence-electron chi connectivity index (χ4n) is 3.47. The lowest BCUT2D eigenvalue weighted by molar-refractivity contribution is -0.144. The van der Waals surface area contributed by atoms with Gasteiger partial charge in [-0.3, -0.25) is 4.79 Å². The Morgan fingerprint density at radius 3 is 2.27 bits per heavy atom. The summed E-state index contributed by atoms with van der Waals surface area (Å²) in [5.41, 5.74) is 0.805. The van der Waals surface area contributed by atoms with E-state index >= 15 is 0 Å². The van der Waals surface area contributed by atoms with Crippen LogP contribution in [-0.4, -0.2) is 54.3 Å². The molecule has 6 heteroatoms. The van der Waals surface area contributed by atoms with E-state index in [0.29, 0.717) is 37.7 Å². The van der Waals surface area contributed by atoms with Crippen LogP contribution >= 0.6 is 0 Å². The van der Waals surface area contributed by atoms with Crippen molar-refractivity contribution in [2.45, 2.75) is 19.1 Å². The third kappa shape index (κ3) is 3.03. The number of nitrogens with zero attached hydrogens (tertiary/aromatic N) is 2. The van der Waals surface area contributed by atoms with Crippen LogP contribution in [0.5, 0.6) is 17.2 Å². The number of rotatable bonds is 2. The molecule has 0 spiro atoms. The van der Waals surface area contributed by atoms with Gasteiger partial charge in [-0.1, -0.05) is 24.3 Å². The van der Waals surface area contributed by atoms with Gasteiger partial charge in [0.05, 0.1) is 5.69 Å². The van der Waals surface area contributed by atoms with E-state index in [1.165, 1.54) is 0 Å². The highest BCUT2D eigenvalue weighted by molar-refractivity contribution is 5.82. The lowest BCUT2D eigenvalue weighted by atomic mass is 10.1. The number of ether oxygens (including phenoxy) is 2. The van der Waals surface area contributed by atoms with Crippen LogP contribution < -0.4 is 14.4 Å². The zero-order chi connectivity index (χ0) is 18.1. The fraction of sp³-hybridized carbons (Fsp3) is 0.350. The van der Waals surface area contributed by atoms with Crippen LogP contribution in [-0.2, 0) is 4.79 Å². The minimum absolute atomic E-state index is 0.0519. The number of amides is 1. The molecule has 0 radical (unpaired) electrons. The number of aromatic hydroxyl groups is 1. The van der Waals surface area contributed by atoms with Gasteiger partial charge in [0.25, 0.3) is 5.91 Å². The third-order valence-corrected chi connectivity index (χ3v) is 4.90. The Morgan fingerprint density at radius 1 is 0.962 bits per heavy atom. The van der Waals surface area contributed by atoms with Crippen LogP contribution in [0.3, 0.4) is 0 Å². The summed E-state index contributed by atoms with van der Waals surface area (Å²) in [5, 5.41) is 10.0. The average molecular weight is 354 g/mol. The molecule has 136 valence electrons. The zero-order valence-corrected chi connectivity index (χ0v) is 14.7. The number of carbonyl (C=O) groups excluding carboxylic acids is 1. The quantitative estimate of drug-likeness (QED) is 0.896. The second-order valence-corrected chi connectivity index (χ2v) is 6.61. The molecule has 0 bridgehead atoms. The van der Waals surface area contributed by atoms with Crippen molar-refractivity contribution in [2.24, 2.45) is 0 Å². The molecule has 0 aromatic heterocycles. The van der Waals surface area contributed by atoms with Gasteiger partial charge in [-0.15, -0.1) is 0 Å². The molecule has 0 saturated carbocycles. The first-order valence-electron chi connectivity index (χ1n) is 8.87. The molecule has 2 aromatic carbocycles. The number of hydrogen-bond donors (Lipinski definition) is 1. The summed E-state index contributed by atoms with van der Waals surface area (Å²) in [6, 6.07) is 14.7. The molecule has 6 nitrogen and oxygen atoms in total. The van der Waals surface area contributed by atoms with Crippen molar-refractivity contribution in [1.82, 2.24) is 4.90 Å². The van der Waals surface area contributed by atoms with Crippen molar-refractivity contribution < 1.29 is 19.4 Å². The van der Waals surface area contributed by atoms with E-state index in [0.717, 1.165) is 5.69 Å². The van der Waals surface area contributed by atoms with E-state index < -0.39 is 6.10 Å². The highest BCUT2D eigenvalue weighted by atomic mass is 16.6. The van der Waals surface area contributed by atoms with E-state index in [2.05, 4.69) is 4.90 Å². The average Bonchev–Trinajstić information content (AvgIpc) is 2.67. The molecule has 1 N–H and O–H groups in total. The molecule has 2 atom stereocenters. The van der Waals surface area contributed by atoms with Crippen molar-refractivity contribution in [1.29, 1.82) is 0 Å². The lowest BCUT2D eigenvalue weighted by Crippen LogP contribution is -2.56. The van der Waals surface area contributed by atoms with Crippen molar-refractivity contribution in [2.75, 3.05) is 31.1 Å². The Hall–Kier alpha value is -2.89. The first kappa shape index (κ1) is 16.6. The molecule has 1 saturated heterocycles. The summed E-state index contributed by atoms with van der Waals surface area (Å²) >= 11 is 0. The Balaban J connectivity index is 1.42. The SMILES string of the molecule is CC1Oc2ccccc2OC1C(=O)N1CCN(c2ccccc2O)CC1. The van der Waals surface area contributed by atoms with Crippen molar-refractivity contribution >= 4 is 11.6 Å². The van der Waals surface area contributed by atoms with Crippen molar-refractivity contribution in [3.63, 3.8) is 0 Å². The smallest absolute Gasteiger partial charge is 0.267 e. The number of phenols is 1. The van der Waals surface area contributed by atoms with Crippen LogP contribution in [0.25, 0.3) is 0 Å². The molecular weight excluding hydrogens is 332 g/mol. The summed E-state index contributed by atoms with van der Waals surface area (Å²) in [4.78, 5) is 16.8. The molecule has 2 aliphatic heterocycles. The number of piperazine rings is 1. The normalized spacial score (nSPS) is 22.2. The third-order valence-electron chi connectivity index (χ3n) is 4.90. The van der Waals surface area contributed by atoms with Crippen LogP contribution in [0.15, 0.2) is 48.5 Å². The largest absolute Gasteiger partial charge is 0.506 e. The van der Waals surface area contributed by atoms with Crippen LogP contribution in [0.2, 0.25) is 0 Å². The number of carbonyl (C=O) groups is 1. The molecular formula is C20H22N2O4. The van der Waals surface area contributed by atoms with Gasteiger partial charge in [0.1, 0.15) is 11.9 Å². The molecule has 0 aliphatic carbocycles. The summed E-state index contributed by atoms with van der Waals surface area (Å²) in [7, 11) is 0. The molecule has 1 amide bonds. The number of benzene rings is 2. The maximum Gasteiger partial charge on any atom is 0.267 e. The van der Waals surface area contributed by atoms with Gasteiger partial charge in [0, 0.05) is 26.2 Å². The van der Waals surface area contributed by atoms with E-state index in [1.54, 1.807) is 12.1 Å². The maximum absolute atomic E-state index is 12.9. The Bertz CT molecular complexity index is 802. The van der Waals surface area contributed by atoms with E-state index in [9.17, 15) is 9.90 Å². The highest BCUT2D eigenvalue weighted by Gasteiger charge is 2.37. The standard InChI is InChI=1S/C20H22N2O4/c1-14-19(26-18-9-5-4-8-17(18)25-14)20(24)22-12-10-21(11-13-22)15-6-2-3-7-16(15)23/h2-9,14,19,23H,10-13H2,1H3. The number of phenolic OH excluding ortho intramolecular Hbond substituents is 1. The first-order valence-corrected chi connectivity index (χ1v) is 8.87. The molecule has 2 heterocycles. The van der Waals surface area contributed by atoms with Crippen molar-refractivity contribution in [3.05, 3.63) is 48.5 Å². The minimum atomic E-state index is -0.637. The fourth-order valence-corrected chi connectivity index (χ4v) is 3.47. The Labute approximate surface area is 152 Å². The van der Waals surface area contributed by atoms with E-state index in [4.69, 9.17) is 9.47 Å². The summed E-state index contributed by atoms with van der Waals surface area (Å²) < 4.78 is 11.8. The molecule has 1 fully saturated rings. The number of hydrogen-bond acceptors (Lipinski definition) is 5. The molecule has 2 aromatic rings. The number of anilines is 1. The van der Waals surface area contributed by atoms with Crippen LogP contribution in [0.4, 0.5) is 5.69 Å². The summed E-state index contributed by atoms with van der Waals surface area (Å²) in [5.74, 6) is 1.50. The lowest BCUT2D eigenvalue weighted by Gasteiger charge is -2.39. The highest BCUT2D eigenvalue weighted by Crippen LogP contribution is 2.34. The van der Waals surface area contributed by atoms with E-state index in [-0.39, 0.29) is 17.8 Å². The molecule has 2 aliphatic rings. The van der Waals surface area contributed by atoms with E-state index in [1.807, 2.05) is 48.2 Å². The predicted octanol–water partition coefficient (Wildman–Crippen LogP) is 2.27. The second kappa shape index (κ2) is 6.78. The second-order valence-electron chi connectivity index (χ2n) is 6.61. The van der Waals surface area contributed by atoms with Gasteiger partial charge in [-0.25, -0.2) is 0 Å². The Morgan fingerprint density at radius 2 is 1.58 bits per heavy atom. The van der Waals surface area contributed by atoms with Gasteiger partial charge in [0.15, 0.2) is 11.5 Å². The van der Waals surface area contributed by atoms with Crippen molar-refractivity contribution in [3.8, 4) is 17.2 Å². The van der Waals surface area contributed by atoms with Gasteiger partial charge in [-0.2, -0.15) is 0 Å². The van der Waals surface area contributed by atoms with Gasteiger partial charge >= 0.3 is 0 Å². The minimum Gasteiger partial charge on any atom is -0.506 e. The van der Waals surface area contributed by atoms with Gasteiger partial charge in [0.2, 0.25) is 6.10 Å². The molecule has 4 rings (SSSR count). The number of fused-ring (bicyclic) bond motifs is 1. The molecule has 26 heavy (non-hydrogen) atoms. The summed E-state index contributed by atoms with van der Waals surface area (Å²) in [6.07, 6.45) is -0.977. The first-order chi connectivity index (χ1) is 12.6. The predicted molar refractivity (Wildman–Crippen MR) is 97.8 cm³/mol. The maximum atomic E-state index is 12.9. The topological polar surface area (TPSA) is 62.2 Å². The van der Waals surface area contributed by atoms with Gasteiger partial charge in [-0.05, 0) is 31.2 Å². The summed E-state index contributed by atoms with van der Waals surface area (Å²) in [6.45, 7) is 4.36. The van der Waals surface area contributed by atoms with Crippen LogP contribution in [0, 0.1) is 0 Å².